The molecule has 0 aliphatic rings. The minimum atomic E-state index is -0.377. The summed E-state index contributed by atoms with van der Waals surface area (Å²) in [7, 11) is 5.24. The van der Waals surface area contributed by atoms with Crippen LogP contribution in [0.4, 0.5) is 11.4 Å². The summed E-state index contributed by atoms with van der Waals surface area (Å²) in [6, 6.07) is 10.3. The number of benzene rings is 1. The lowest BCUT2D eigenvalue weighted by Crippen LogP contribution is -2.31. The molecule has 0 aliphatic carbocycles. The molecule has 2 N–H and O–H groups in total. The monoisotopic (exact) mass is 342 g/mol. The number of esters is 1. The normalized spacial score (nSPS) is 10.4. The Morgan fingerprint density at radius 3 is 2.32 bits per heavy atom. The van der Waals surface area contributed by atoms with Gasteiger partial charge in [0.1, 0.15) is 5.69 Å². The first kappa shape index (κ1) is 18.4. The highest BCUT2D eigenvalue weighted by Gasteiger charge is 2.07. The standard InChI is InChI=1S/C18H22N4O3/c1-22(2)11-10-19-17(23)16-9-8-15(12-20-16)21-14-6-4-13(5-7-14)18(24)25-3/h4-9,12,21H,10-11H2,1-3H3,(H,19,23). The van der Waals surface area contributed by atoms with Crippen LogP contribution in [0, 0.1) is 0 Å². The molecule has 0 saturated heterocycles. The SMILES string of the molecule is COC(=O)c1ccc(Nc2ccc(C(=O)NCCN(C)C)nc2)cc1. The van der Waals surface area contributed by atoms with E-state index in [4.69, 9.17) is 0 Å². The van der Waals surface area contributed by atoms with Crippen molar-refractivity contribution in [3.05, 3.63) is 53.9 Å². The van der Waals surface area contributed by atoms with Crippen LogP contribution in [0.3, 0.4) is 0 Å². The van der Waals surface area contributed by atoms with Crippen LogP contribution in [-0.4, -0.2) is 56.1 Å². The van der Waals surface area contributed by atoms with Crippen molar-refractivity contribution in [2.75, 3.05) is 39.6 Å². The van der Waals surface area contributed by atoms with Gasteiger partial charge < -0.3 is 20.3 Å². The van der Waals surface area contributed by atoms with Crippen molar-refractivity contribution < 1.29 is 14.3 Å². The fourth-order valence-electron chi connectivity index (χ4n) is 2.06. The Bertz CT molecular complexity index is 712. The Balaban J connectivity index is 1.93. The molecule has 2 rings (SSSR count). The first-order valence-electron chi connectivity index (χ1n) is 7.84. The Labute approximate surface area is 147 Å². The summed E-state index contributed by atoms with van der Waals surface area (Å²) >= 11 is 0. The summed E-state index contributed by atoms with van der Waals surface area (Å²) in [5, 5.41) is 5.97. The van der Waals surface area contributed by atoms with Gasteiger partial charge in [-0.05, 0) is 50.5 Å². The third-order valence-electron chi connectivity index (χ3n) is 3.44. The second-order valence-electron chi connectivity index (χ2n) is 5.69. The van der Waals surface area contributed by atoms with E-state index in [0.29, 0.717) is 17.8 Å². The van der Waals surface area contributed by atoms with Gasteiger partial charge in [-0.1, -0.05) is 0 Å². The van der Waals surface area contributed by atoms with Crippen molar-refractivity contribution in [3.8, 4) is 0 Å². The van der Waals surface area contributed by atoms with Crippen molar-refractivity contribution in [2.45, 2.75) is 0 Å². The van der Waals surface area contributed by atoms with E-state index in [1.807, 2.05) is 19.0 Å². The average molecular weight is 342 g/mol. The molecule has 1 aromatic carbocycles. The summed E-state index contributed by atoms with van der Waals surface area (Å²) in [6.07, 6.45) is 1.59. The Morgan fingerprint density at radius 2 is 1.76 bits per heavy atom. The molecule has 1 heterocycles. The maximum Gasteiger partial charge on any atom is 0.337 e. The van der Waals surface area contributed by atoms with Crippen molar-refractivity contribution in [2.24, 2.45) is 0 Å². The van der Waals surface area contributed by atoms with E-state index in [9.17, 15) is 9.59 Å². The molecule has 0 fully saturated rings. The molecule has 1 aromatic heterocycles. The largest absolute Gasteiger partial charge is 0.465 e. The van der Waals surface area contributed by atoms with Crippen LogP contribution in [0.15, 0.2) is 42.6 Å². The van der Waals surface area contributed by atoms with Crippen LogP contribution < -0.4 is 10.6 Å². The zero-order valence-electron chi connectivity index (χ0n) is 14.6. The Morgan fingerprint density at radius 1 is 1.08 bits per heavy atom. The molecule has 7 nitrogen and oxygen atoms in total. The summed E-state index contributed by atoms with van der Waals surface area (Å²) in [5.41, 5.74) is 2.40. The fraction of sp³-hybridized carbons (Fsp3) is 0.278. The predicted octanol–water partition coefficient (Wildman–Crippen LogP) is 1.90. The molecular formula is C18H22N4O3. The van der Waals surface area contributed by atoms with Gasteiger partial charge >= 0.3 is 5.97 Å². The molecule has 0 aliphatic heterocycles. The minimum absolute atomic E-state index is 0.198. The number of nitrogens with zero attached hydrogens (tertiary/aromatic N) is 2. The quantitative estimate of drug-likeness (QED) is 0.748. The molecule has 25 heavy (non-hydrogen) atoms. The lowest BCUT2D eigenvalue weighted by molar-refractivity contribution is 0.0600. The lowest BCUT2D eigenvalue weighted by Gasteiger charge is -2.10. The smallest absolute Gasteiger partial charge is 0.337 e. The minimum Gasteiger partial charge on any atom is -0.465 e. The van der Waals surface area contributed by atoms with Gasteiger partial charge in [0, 0.05) is 18.8 Å². The third kappa shape index (κ3) is 5.58. The number of ether oxygens (including phenoxy) is 1. The van der Waals surface area contributed by atoms with Gasteiger partial charge in [0.15, 0.2) is 0 Å². The number of carbonyl (C=O) groups is 2. The van der Waals surface area contributed by atoms with E-state index in [0.717, 1.165) is 17.9 Å². The topological polar surface area (TPSA) is 83.6 Å². The molecular weight excluding hydrogens is 320 g/mol. The number of aromatic nitrogens is 1. The van der Waals surface area contributed by atoms with Gasteiger partial charge in [-0.2, -0.15) is 0 Å². The predicted molar refractivity (Wildman–Crippen MR) is 96.2 cm³/mol. The van der Waals surface area contributed by atoms with Crippen LogP contribution in [-0.2, 0) is 4.74 Å². The molecule has 132 valence electrons. The van der Waals surface area contributed by atoms with Crippen molar-refractivity contribution in [1.29, 1.82) is 0 Å². The molecule has 0 radical (unpaired) electrons. The van der Waals surface area contributed by atoms with E-state index in [2.05, 4.69) is 20.4 Å². The first-order valence-corrected chi connectivity index (χ1v) is 7.84. The van der Waals surface area contributed by atoms with E-state index >= 15 is 0 Å². The van der Waals surface area contributed by atoms with Crippen LogP contribution in [0.5, 0.6) is 0 Å². The molecule has 0 atom stereocenters. The number of nitrogens with one attached hydrogen (secondary N) is 2. The molecule has 2 aromatic rings. The van der Waals surface area contributed by atoms with E-state index < -0.39 is 0 Å². The van der Waals surface area contributed by atoms with Gasteiger partial charge in [-0.15, -0.1) is 0 Å². The van der Waals surface area contributed by atoms with Gasteiger partial charge in [0.25, 0.3) is 5.91 Å². The molecule has 0 unspecified atom stereocenters. The van der Waals surface area contributed by atoms with Crippen LogP contribution in [0.1, 0.15) is 20.8 Å². The second kappa shape index (κ2) is 8.79. The number of hydrogen-bond donors (Lipinski definition) is 2. The molecule has 0 bridgehead atoms. The number of methoxy groups -OCH3 is 1. The number of likely N-dealkylation sites (N-methyl/N-ethyl adjacent to an activating group) is 1. The van der Waals surface area contributed by atoms with Crippen molar-refractivity contribution in [3.63, 3.8) is 0 Å². The molecule has 7 heteroatoms. The Hall–Kier alpha value is -2.93. The highest BCUT2D eigenvalue weighted by molar-refractivity contribution is 5.92. The maximum atomic E-state index is 12.0. The summed E-state index contributed by atoms with van der Waals surface area (Å²) in [4.78, 5) is 29.5. The molecule has 0 saturated carbocycles. The highest BCUT2D eigenvalue weighted by atomic mass is 16.5. The first-order chi connectivity index (χ1) is 12.0. The van der Waals surface area contributed by atoms with Crippen molar-refractivity contribution >= 4 is 23.3 Å². The molecule has 0 spiro atoms. The average Bonchev–Trinajstić information content (AvgIpc) is 2.62. The number of carbonyl (C=O) groups excluding carboxylic acids is 2. The number of rotatable bonds is 7. The summed E-state index contributed by atoms with van der Waals surface area (Å²) in [6.45, 7) is 1.34. The van der Waals surface area contributed by atoms with Gasteiger partial charge in [-0.3, -0.25) is 4.79 Å². The van der Waals surface area contributed by atoms with Crippen LogP contribution in [0.25, 0.3) is 0 Å². The highest BCUT2D eigenvalue weighted by Crippen LogP contribution is 2.17. The molecule has 1 amide bonds. The number of anilines is 2. The number of pyridine rings is 1. The maximum absolute atomic E-state index is 12.0. The fourth-order valence-corrected chi connectivity index (χ4v) is 2.06. The third-order valence-corrected chi connectivity index (χ3v) is 3.44. The zero-order valence-corrected chi connectivity index (χ0v) is 14.6. The zero-order chi connectivity index (χ0) is 18.2. The van der Waals surface area contributed by atoms with Crippen molar-refractivity contribution in [1.82, 2.24) is 15.2 Å². The second-order valence-corrected chi connectivity index (χ2v) is 5.69. The van der Waals surface area contributed by atoms with Gasteiger partial charge in [-0.25, -0.2) is 9.78 Å². The van der Waals surface area contributed by atoms with E-state index in [-0.39, 0.29) is 11.9 Å². The van der Waals surface area contributed by atoms with E-state index in [1.165, 1.54) is 7.11 Å². The van der Waals surface area contributed by atoms with Crippen LogP contribution >= 0.6 is 0 Å². The number of amides is 1. The summed E-state index contributed by atoms with van der Waals surface area (Å²) in [5.74, 6) is -0.575. The number of hydrogen-bond acceptors (Lipinski definition) is 6. The summed E-state index contributed by atoms with van der Waals surface area (Å²) < 4.78 is 4.66. The van der Waals surface area contributed by atoms with E-state index in [1.54, 1.807) is 42.6 Å². The Kier molecular flexibility index (Phi) is 6.47. The van der Waals surface area contributed by atoms with Crippen LogP contribution in [0.2, 0.25) is 0 Å². The van der Waals surface area contributed by atoms with Gasteiger partial charge in [0.05, 0.1) is 24.6 Å². The lowest BCUT2D eigenvalue weighted by atomic mass is 10.2. The van der Waals surface area contributed by atoms with Gasteiger partial charge in [0.2, 0.25) is 0 Å².